The second kappa shape index (κ2) is 9.40. The molecule has 1 amide bonds. The molecule has 2 aliphatic rings. The molecule has 2 heterocycles. The number of hydrogen-bond donors (Lipinski definition) is 1. The second-order valence-electron chi connectivity index (χ2n) is 7.84. The zero-order valence-electron chi connectivity index (χ0n) is 17.4. The lowest BCUT2D eigenvalue weighted by Crippen LogP contribution is -2.43. The average Bonchev–Trinajstić information content (AvgIpc) is 3.26. The third kappa shape index (κ3) is 4.87. The van der Waals surface area contributed by atoms with Gasteiger partial charge in [0.05, 0.1) is 15.6 Å². The van der Waals surface area contributed by atoms with Crippen LogP contribution in [0.5, 0.6) is 0 Å². The zero-order valence-corrected chi connectivity index (χ0v) is 19.8. The Hall–Kier alpha value is -1.74. The summed E-state index contributed by atoms with van der Waals surface area (Å²) >= 11 is 8.42. The molecule has 6 nitrogen and oxygen atoms in total. The van der Waals surface area contributed by atoms with Gasteiger partial charge in [-0.2, -0.15) is 16.1 Å². The molecule has 0 aromatic heterocycles. The highest BCUT2D eigenvalue weighted by atomic mass is 35.5. The number of anilines is 2. The SMILES string of the molecule is Cc1ccc(S(=O)(=O)N2CCC[C@H]2C(=O)Nc2ccc(N3CCSCC3)c(Cl)c2)cc1. The van der Waals surface area contributed by atoms with Crippen LogP contribution in [0, 0.1) is 6.92 Å². The van der Waals surface area contributed by atoms with E-state index in [0.29, 0.717) is 30.1 Å². The monoisotopic (exact) mass is 479 g/mol. The van der Waals surface area contributed by atoms with Crippen LogP contribution < -0.4 is 10.2 Å². The van der Waals surface area contributed by atoms with Crippen molar-refractivity contribution in [1.82, 2.24) is 4.31 Å². The summed E-state index contributed by atoms with van der Waals surface area (Å²) in [5.41, 5.74) is 2.52. The first-order valence-corrected chi connectivity index (χ1v) is 13.4. The Morgan fingerprint density at radius 1 is 1.10 bits per heavy atom. The highest BCUT2D eigenvalue weighted by molar-refractivity contribution is 7.99. The molecule has 1 atom stereocenters. The van der Waals surface area contributed by atoms with Crippen molar-refractivity contribution in [3.05, 3.63) is 53.1 Å². The minimum absolute atomic E-state index is 0.213. The second-order valence-corrected chi connectivity index (χ2v) is 11.4. The van der Waals surface area contributed by atoms with Crippen LogP contribution in [-0.4, -0.2) is 55.8 Å². The number of rotatable bonds is 5. The molecule has 9 heteroatoms. The van der Waals surface area contributed by atoms with Crippen molar-refractivity contribution in [3.8, 4) is 0 Å². The molecule has 31 heavy (non-hydrogen) atoms. The molecule has 0 bridgehead atoms. The summed E-state index contributed by atoms with van der Waals surface area (Å²) in [4.78, 5) is 15.4. The maximum Gasteiger partial charge on any atom is 0.243 e. The molecule has 2 aromatic rings. The summed E-state index contributed by atoms with van der Waals surface area (Å²) in [5.74, 6) is 1.82. The quantitative estimate of drug-likeness (QED) is 0.702. The number of hydrogen-bond acceptors (Lipinski definition) is 5. The number of thioether (sulfide) groups is 1. The number of amides is 1. The van der Waals surface area contributed by atoms with E-state index >= 15 is 0 Å². The average molecular weight is 480 g/mol. The Balaban J connectivity index is 1.48. The standard InChI is InChI=1S/C22H26ClN3O3S2/c1-16-4-7-18(8-5-16)31(28,29)26-10-2-3-21(26)22(27)24-17-6-9-20(19(23)15-17)25-11-13-30-14-12-25/h4-9,15,21H,2-3,10-14H2,1H3,(H,24,27)/t21-/m0/s1. The molecule has 4 rings (SSSR count). The molecule has 2 aromatic carbocycles. The van der Waals surface area contributed by atoms with Crippen LogP contribution in [0.25, 0.3) is 0 Å². The summed E-state index contributed by atoms with van der Waals surface area (Å²) < 4.78 is 27.5. The zero-order chi connectivity index (χ0) is 22.0. The summed E-state index contributed by atoms with van der Waals surface area (Å²) in [6.07, 6.45) is 1.14. The van der Waals surface area contributed by atoms with Crippen LogP contribution in [0.3, 0.4) is 0 Å². The Labute approximate surface area is 193 Å². The van der Waals surface area contributed by atoms with Gasteiger partial charge in [-0.3, -0.25) is 4.79 Å². The Morgan fingerprint density at radius 2 is 1.81 bits per heavy atom. The fraction of sp³-hybridized carbons (Fsp3) is 0.409. The van der Waals surface area contributed by atoms with E-state index in [1.165, 1.54) is 4.31 Å². The number of benzene rings is 2. The van der Waals surface area contributed by atoms with E-state index in [2.05, 4.69) is 10.2 Å². The van der Waals surface area contributed by atoms with E-state index in [-0.39, 0.29) is 10.8 Å². The molecular formula is C22H26ClN3O3S2. The number of sulfonamides is 1. The van der Waals surface area contributed by atoms with Crippen molar-refractivity contribution in [2.24, 2.45) is 0 Å². The Bertz CT molecular complexity index is 1050. The van der Waals surface area contributed by atoms with Crippen molar-refractivity contribution in [1.29, 1.82) is 0 Å². The molecule has 1 N–H and O–H groups in total. The van der Waals surface area contributed by atoms with Gasteiger partial charge in [0.15, 0.2) is 0 Å². The maximum absolute atomic E-state index is 13.1. The fourth-order valence-electron chi connectivity index (χ4n) is 4.01. The van der Waals surface area contributed by atoms with E-state index < -0.39 is 16.1 Å². The molecule has 0 spiro atoms. The summed E-state index contributed by atoms with van der Waals surface area (Å²) in [6.45, 7) is 4.14. The van der Waals surface area contributed by atoms with Gasteiger partial charge in [-0.15, -0.1) is 0 Å². The molecular weight excluding hydrogens is 454 g/mol. The van der Waals surface area contributed by atoms with Crippen LogP contribution >= 0.6 is 23.4 Å². The topological polar surface area (TPSA) is 69.7 Å². The van der Waals surface area contributed by atoms with E-state index in [1.54, 1.807) is 30.3 Å². The summed E-state index contributed by atoms with van der Waals surface area (Å²) in [7, 11) is -3.73. The van der Waals surface area contributed by atoms with Gasteiger partial charge in [-0.25, -0.2) is 8.42 Å². The number of aryl methyl sites for hydroxylation is 1. The predicted octanol–water partition coefficient (Wildman–Crippen LogP) is 3.99. The third-order valence-corrected chi connectivity index (χ3v) is 8.87. The maximum atomic E-state index is 13.1. The summed E-state index contributed by atoms with van der Waals surface area (Å²) in [6, 6.07) is 11.5. The van der Waals surface area contributed by atoms with E-state index in [9.17, 15) is 13.2 Å². The van der Waals surface area contributed by atoms with Gasteiger partial charge in [0.1, 0.15) is 6.04 Å². The lowest BCUT2D eigenvalue weighted by atomic mass is 10.2. The lowest BCUT2D eigenvalue weighted by Gasteiger charge is -2.29. The van der Waals surface area contributed by atoms with Crippen LogP contribution in [-0.2, 0) is 14.8 Å². The molecule has 166 valence electrons. The molecule has 0 saturated carbocycles. The smallest absolute Gasteiger partial charge is 0.243 e. The largest absolute Gasteiger partial charge is 0.369 e. The van der Waals surface area contributed by atoms with Crippen LogP contribution in [0.15, 0.2) is 47.4 Å². The van der Waals surface area contributed by atoms with Crippen LogP contribution in [0.4, 0.5) is 11.4 Å². The van der Waals surface area contributed by atoms with Crippen molar-refractivity contribution < 1.29 is 13.2 Å². The normalized spacial score (nSPS) is 20.1. The van der Waals surface area contributed by atoms with E-state index in [4.69, 9.17) is 11.6 Å². The summed E-state index contributed by atoms with van der Waals surface area (Å²) in [5, 5.41) is 3.45. The highest BCUT2D eigenvalue weighted by Crippen LogP contribution is 2.32. The number of nitrogens with one attached hydrogen (secondary N) is 1. The fourth-order valence-corrected chi connectivity index (χ4v) is 6.87. The minimum Gasteiger partial charge on any atom is -0.369 e. The lowest BCUT2D eigenvalue weighted by molar-refractivity contribution is -0.119. The molecule has 0 radical (unpaired) electrons. The van der Waals surface area contributed by atoms with Gasteiger partial charge in [-0.1, -0.05) is 29.3 Å². The van der Waals surface area contributed by atoms with E-state index in [1.807, 2.05) is 30.8 Å². The molecule has 2 aliphatic heterocycles. The number of nitrogens with zero attached hydrogens (tertiary/aromatic N) is 2. The highest BCUT2D eigenvalue weighted by Gasteiger charge is 2.39. The van der Waals surface area contributed by atoms with Crippen LogP contribution in [0.2, 0.25) is 5.02 Å². The molecule has 0 aliphatic carbocycles. The molecule has 0 unspecified atom stereocenters. The van der Waals surface area contributed by atoms with Crippen molar-refractivity contribution in [2.45, 2.75) is 30.7 Å². The first-order valence-electron chi connectivity index (χ1n) is 10.4. The predicted molar refractivity (Wildman–Crippen MR) is 128 cm³/mol. The number of halogens is 1. The van der Waals surface area contributed by atoms with E-state index in [0.717, 1.165) is 35.8 Å². The third-order valence-electron chi connectivity index (χ3n) is 5.70. The van der Waals surface area contributed by atoms with Crippen molar-refractivity contribution >= 4 is 50.7 Å². The first-order chi connectivity index (χ1) is 14.9. The number of carbonyl (C=O) groups is 1. The van der Waals surface area contributed by atoms with Gasteiger partial charge in [0.25, 0.3) is 0 Å². The van der Waals surface area contributed by atoms with Gasteiger partial charge in [0, 0.05) is 36.8 Å². The minimum atomic E-state index is -3.73. The molecule has 2 saturated heterocycles. The molecule has 2 fully saturated rings. The Morgan fingerprint density at radius 3 is 2.48 bits per heavy atom. The van der Waals surface area contributed by atoms with Gasteiger partial charge in [-0.05, 0) is 50.1 Å². The number of carbonyl (C=O) groups excluding carboxylic acids is 1. The van der Waals surface area contributed by atoms with Crippen LogP contribution in [0.1, 0.15) is 18.4 Å². The van der Waals surface area contributed by atoms with Crippen molar-refractivity contribution in [3.63, 3.8) is 0 Å². The Kier molecular flexibility index (Phi) is 6.81. The van der Waals surface area contributed by atoms with Gasteiger partial charge in [0.2, 0.25) is 15.9 Å². The first kappa shape index (κ1) is 22.5. The van der Waals surface area contributed by atoms with Gasteiger partial charge >= 0.3 is 0 Å². The van der Waals surface area contributed by atoms with Gasteiger partial charge < -0.3 is 10.2 Å². The van der Waals surface area contributed by atoms with Crippen molar-refractivity contribution in [2.75, 3.05) is 41.4 Å².